The second kappa shape index (κ2) is 7.21. The summed E-state index contributed by atoms with van der Waals surface area (Å²) in [6, 6.07) is 12.8. The van der Waals surface area contributed by atoms with E-state index in [4.69, 9.17) is 4.74 Å². The first-order valence-corrected chi connectivity index (χ1v) is 8.09. The molecule has 0 spiro atoms. The van der Waals surface area contributed by atoms with Gasteiger partial charge in [-0.05, 0) is 47.5 Å². The Hall–Kier alpha value is -3.08. The predicted molar refractivity (Wildman–Crippen MR) is 97.8 cm³/mol. The summed E-state index contributed by atoms with van der Waals surface area (Å²) in [5.41, 5.74) is 3.24. The van der Waals surface area contributed by atoms with Crippen molar-refractivity contribution in [2.24, 2.45) is 0 Å². The molecule has 0 bridgehead atoms. The fraction of sp³-hybridized carbons (Fsp3) is 0.200. The van der Waals surface area contributed by atoms with Gasteiger partial charge >= 0.3 is 0 Å². The van der Waals surface area contributed by atoms with Crippen LogP contribution in [0.4, 0.5) is 5.69 Å². The minimum atomic E-state index is -0.244. The maximum Gasteiger partial charge on any atom is 0.253 e. The topological polar surface area (TPSA) is 58.6 Å². The van der Waals surface area contributed by atoms with Crippen LogP contribution in [-0.4, -0.2) is 37.4 Å². The molecule has 0 fully saturated rings. The number of fused-ring (bicyclic) bond motifs is 1. The lowest BCUT2D eigenvalue weighted by Gasteiger charge is -2.11. The molecule has 1 aliphatic rings. The Morgan fingerprint density at radius 2 is 2.00 bits per heavy atom. The third-order valence-electron chi connectivity index (χ3n) is 3.92. The van der Waals surface area contributed by atoms with Crippen molar-refractivity contribution in [3.8, 4) is 5.75 Å². The second-order valence-electron chi connectivity index (χ2n) is 6.07. The number of carbonyl (C=O) groups is 2. The number of nitrogens with one attached hydrogen (secondary N) is 1. The molecule has 0 aliphatic carbocycles. The summed E-state index contributed by atoms with van der Waals surface area (Å²) in [6.45, 7) is 0.713. The van der Waals surface area contributed by atoms with Crippen LogP contribution < -0.4 is 10.1 Å². The van der Waals surface area contributed by atoms with Crippen LogP contribution in [0.5, 0.6) is 5.75 Å². The molecule has 2 aromatic carbocycles. The van der Waals surface area contributed by atoms with Crippen molar-refractivity contribution in [1.29, 1.82) is 0 Å². The lowest BCUT2D eigenvalue weighted by molar-refractivity contribution is -0.111. The summed E-state index contributed by atoms with van der Waals surface area (Å²) in [6.07, 6.45) is 4.15. The molecule has 0 aromatic heterocycles. The Morgan fingerprint density at radius 1 is 1.16 bits per heavy atom. The van der Waals surface area contributed by atoms with E-state index in [0.717, 1.165) is 23.3 Å². The van der Waals surface area contributed by atoms with Gasteiger partial charge in [0.15, 0.2) is 0 Å². The van der Waals surface area contributed by atoms with Gasteiger partial charge < -0.3 is 15.0 Å². The molecule has 0 radical (unpaired) electrons. The zero-order valence-electron chi connectivity index (χ0n) is 14.3. The first-order valence-electron chi connectivity index (χ1n) is 8.09. The van der Waals surface area contributed by atoms with E-state index in [1.54, 1.807) is 44.4 Å². The van der Waals surface area contributed by atoms with Crippen LogP contribution in [0.3, 0.4) is 0 Å². The summed E-state index contributed by atoms with van der Waals surface area (Å²) in [5.74, 6) is 0.571. The van der Waals surface area contributed by atoms with E-state index in [1.807, 2.05) is 18.2 Å². The number of ether oxygens (including phenoxy) is 1. The average molecular weight is 336 g/mol. The Bertz CT molecular complexity index is 841. The van der Waals surface area contributed by atoms with Gasteiger partial charge in [-0.3, -0.25) is 9.59 Å². The molecule has 2 aromatic rings. The molecule has 1 N–H and O–H groups in total. The van der Waals surface area contributed by atoms with Crippen LogP contribution in [0.1, 0.15) is 21.5 Å². The first kappa shape index (κ1) is 16.8. The molecular weight excluding hydrogens is 316 g/mol. The van der Waals surface area contributed by atoms with Gasteiger partial charge in [-0.1, -0.05) is 12.1 Å². The minimum absolute atomic E-state index is 0.105. The standard InChI is InChI=1S/C20H20N2O3/c1-22(2)20(24)16-4-3-5-17(13-16)21-19(23)9-7-14-6-8-18-15(12-14)10-11-25-18/h3-9,12-13H,10-11H2,1-2H3,(H,21,23)/b9-7+. The third-order valence-corrected chi connectivity index (χ3v) is 3.92. The van der Waals surface area contributed by atoms with E-state index in [1.165, 1.54) is 11.0 Å². The smallest absolute Gasteiger partial charge is 0.253 e. The lowest BCUT2D eigenvalue weighted by atomic mass is 10.1. The summed E-state index contributed by atoms with van der Waals surface area (Å²) in [5, 5.41) is 2.78. The number of amides is 2. The molecule has 0 saturated heterocycles. The number of carbonyl (C=O) groups excluding carboxylic acids is 2. The quantitative estimate of drug-likeness (QED) is 0.873. The number of hydrogen-bond donors (Lipinski definition) is 1. The Labute approximate surface area is 146 Å². The van der Waals surface area contributed by atoms with Gasteiger partial charge in [-0.2, -0.15) is 0 Å². The maximum absolute atomic E-state index is 12.1. The van der Waals surface area contributed by atoms with Crippen molar-refractivity contribution < 1.29 is 14.3 Å². The zero-order chi connectivity index (χ0) is 17.8. The van der Waals surface area contributed by atoms with Crippen molar-refractivity contribution in [3.05, 3.63) is 65.2 Å². The highest BCUT2D eigenvalue weighted by atomic mass is 16.5. The molecule has 25 heavy (non-hydrogen) atoms. The minimum Gasteiger partial charge on any atom is -0.493 e. The van der Waals surface area contributed by atoms with E-state index in [2.05, 4.69) is 5.32 Å². The van der Waals surface area contributed by atoms with Gasteiger partial charge in [-0.15, -0.1) is 0 Å². The van der Waals surface area contributed by atoms with Gasteiger partial charge in [-0.25, -0.2) is 0 Å². The van der Waals surface area contributed by atoms with E-state index >= 15 is 0 Å². The van der Waals surface area contributed by atoms with E-state index < -0.39 is 0 Å². The molecule has 3 rings (SSSR count). The van der Waals surface area contributed by atoms with E-state index in [9.17, 15) is 9.59 Å². The molecule has 0 atom stereocenters. The van der Waals surface area contributed by atoms with Crippen molar-refractivity contribution in [3.63, 3.8) is 0 Å². The Balaban J connectivity index is 1.66. The Kier molecular flexibility index (Phi) is 4.84. The molecule has 128 valence electrons. The molecule has 2 amide bonds. The predicted octanol–water partition coefficient (Wildman–Crippen LogP) is 2.98. The van der Waals surface area contributed by atoms with Gasteiger partial charge in [0, 0.05) is 37.8 Å². The first-order chi connectivity index (χ1) is 12.0. The van der Waals surface area contributed by atoms with Crippen molar-refractivity contribution in [2.45, 2.75) is 6.42 Å². The molecule has 5 nitrogen and oxygen atoms in total. The fourth-order valence-electron chi connectivity index (χ4n) is 2.65. The van der Waals surface area contributed by atoms with Gasteiger partial charge in [0.25, 0.3) is 5.91 Å². The van der Waals surface area contributed by atoms with Crippen LogP contribution in [0, 0.1) is 0 Å². The van der Waals surface area contributed by atoms with Crippen LogP contribution in [-0.2, 0) is 11.2 Å². The lowest BCUT2D eigenvalue weighted by Crippen LogP contribution is -2.21. The third kappa shape index (κ3) is 4.07. The number of anilines is 1. The average Bonchev–Trinajstić information content (AvgIpc) is 3.07. The van der Waals surface area contributed by atoms with Gasteiger partial charge in [0.05, 0.1) is 6.61 Å². The monoisotopic (exact) mass is 336 g/mol. The highest BCUT2D eigenvalue weighted by Crippen LogP contribution is 2.26. The Morgan fingerprint density at radius 3 is 2.80 bits per heavy atom. The normalized spacial score (nSPS) is 12.6. The second-order valence-corrected chi connectivity index (χ2v) is 6.07. The number of benzene rings is 2. The largest absolute Gasteiger partial charge is 0.493 e. The van der Waals surface area contributed by atoms with Crippen molar-refractivity contribution >= 4 is 23.6 Å². The summed E-state index contributed by atoms with van der Waals surface area (Å²) < 4.78 is 5.47. The zero-order valence-corrected chi connectivity index (χ0v) is 14.3. The summed E-state index contributed by atoms with van der Waals surface area (Å²) >= 11 is 0. The van der Waals surface area contributed by atoms with Crippen LogP contribution >= 0.6 is 0 Å². The summed E-state index contributed by atoms with van der Waals surface area (Å²) in [4.78, 5) is 25.6. The SMILES string of the molecule is CN(C)C(=O)c1cccc(NC(=O)/C=C/c2ccc3c(c2)CCO3)c1. The molecule has 1 aliphatic heterocycles. The highest BCUT2D eigenvalue weighted by molar-refractivity contribution is 6.03. The molecule has 0 saturated carbocycles. The van der Waals surface area contributed by atoms with Crippen LogP contribution in [0.2, 0.25) is 0 Å². The van der Waals surface area contributed by atoms with Gasteiger partial charge in [0.2, 0.25) is 5.91 Å². The number of rotatable bonds is 4. The van der Waals surface area contributed by atoms with E-state index in [-0.39, 0.29) is 11.8 Å². The fourth-order valence-corrected chi connectivity index (χ4v) is 2.65. The van der Waals surface area contributed by atoms with Crippen LogP contribution in [0.25, 0.3) is 6.08 Å². The van der Waals surface area contributed by atoms with Crippen molar-refractivity contribution in [1.82, 2.24) is 4.90 Å². The molecule has 5 heteroatoms. The van der Waals surface area contributed by atoms with Crippen LogP contribution in [0.15, 0.2) is 48.5 Å². The number of hydrogen-bond acceptors (Lipinski definition) is 3. The molecular formula is C20H20N2O3. The maximum atomic E-state index is 12.1. The van der Waals surface area contributed by atoms with Gasteiger partial charge in [0.1, 0.15) is 5.75 Å². The summed E-state index contributed by atoms with van der Waals surface area (Å²) in [7, 11) is 3.38. The molecule has 0 unspecified atom stereocenters. The molecule has 1 heterocycles. The van der Waals surface area contributed by atoms with E-state index in [0.29, 0.717) is 17.9 Å². The number of nitrogens with zero attached hydrogens (tertiary/aromatic N) is 1. The highest BCUT2D eigenvalue weighted by Gasteiger charge is 2.11. The van der Waals surface area contributed by atoms with Crippen molar-refractivity contribution in [2.75, 3.05) is 26.0 Å².